The highest BCUT2D eigenvalue weighted by Crippen LogP contribution is 2.38. The molecule has 5 heteroatoms. The Kier molecular flexibility index (Phi) is 3.43. The zero-order valence-corrected chi connectivity index (χ0v) is 14.6. The smallest absolute Gasteiger partial charge is 0.234 e. The van der Waals surface area contributed by atoms with Crippen molar-refractivity contribution in [3.05, 3.63) is 66.1 Å². The van der Waals surface area contributed by atoms with E-state index in [1.165, 1.54) is 27.6 Å². The standard InChI is InChI=1S/C21H20N4O/c1-25(15-5-7-22-8-6-15)21(26)14-9-17-16-3-2-4-18-20(16)13(11-23-18)10-19(17)24-12-14/h2-9,11,14,19,23-24H,10,12H2,1H3/t14-,19?/m1/s1. The number of amides is 1. The summed E-state index contributed by atoms with van der Waals surface area (Å²) < 4.78 is 0. The number of aromatic amines is 1. The molecule has 26 heavy (non-hydrogen) atoms. The minimum atomic E-state index is -0.171. The van der Waals surface area contributed by atoms with Crippen LogP contribution < -0.4 is 10.2 Å². The van der Waals surface area contributed by atoms with Gasteiger partial charge in [-0.15, -0.1) is 0 Å². The van der Waals surface area contributed by atoms with Crippen molar-refractivity contribution in [2.75, 3.05) is 18.5 Å². The largest absolute Gasteiger partial charge is 0.361 e. The molecule has 5 nitrogen and oxygen atoms in total. The zero-order valence-electron chi connectivity index (χ0n) is 14.6. The summed E-state index contributed by atoms with van der Waals surface area (Å²) in [5.41, 5.74) is 5.87. The van der Waals surface area contributed by atoms with Crippen molar-refractivity contribution in [1.29, 1.82) is 0 Å². The van der Waals surface area contributed by atoms with Gasteiger partial charge in [0.25, 0.3) is 0 Å². The summed E-state index contributed by atoms with van der Waals surface area (Å²) in [6, 6.07) is 10.3. The van der Waals surface area contributed by atoms with Gasteiger partial charge in [0.05, 0.1) is 5.92 Å². The number of anilines is 1. The Balaban J connectivity index is 1.52. The number of hydrogen-bond acceptors (Lipinski definition) is 3. The molecular formula is C21H20N4O. The van der Waals surface area contributed by atoms with Crippen LogP contribution in [0.25, 0.3) is 16.5 Å². The Labute approximate surface area is 151 Å². The van der Waals surface area contributed by atoms with Gasteiger partial charge in [0.15, 0.2) is 0 Å². The fraction of sp³-hybridized carbons (Fsp3) is 0.238. The highest BCUT2D eigenvalue weighted by Gasteiger charge is 2.33. The first-order valence-electron chi connectivity index (χ1n) is 8.94. The van der Waals surface area contributed by atoms with Crippen molar-refractivity contribution < 1.29 is 4.79 Å². The van der Waals surface area contributed by atoms with E-state index in [9.17, 15) is 4.79 Å². The third-order valence-electron chi connectivity index (χ3n) is 5.56. The fourth-order valence-electron chi connectivity index (χ4n) is 4.21. The lowest BCUT2D eigenvalue weighted by molar-refractivity contribution is -0.120. The van der Waals surface area contributed by atoms with Gasteiger partial charge < -0.3 is 15.2 Å². The van der Waals surface area contributed by atoms with Gasteiger partial charge in [-0.2, -0.15) is 0 Å². The molecule has 0 spiro atoms. The van der Waals surface area contributed by atoms with Gasteiger partial charge in [-0.05, 0) is 41.3 Å². The quantitative estimate of drug-likeness (QED) is 0.751. The van der Waals surface area contributed by atoms with Crippen LogP contribution >= 0.6 is 0 Å². The Hall–Kier alpha value is -2.92. The average molecular weight is 344 g/mol. The molecule has 1 aliphatic heterocycles. The summed E-state index contributed by atoms with van der Waals surface area (Å²) in [5, 5.41) is 4.89. The van der Waals surface area contributed by atoms with Crippen LogP contribution in [0.1, 0.15) is 11.1 Å². The number of carbonyl (C=O) groups is 1. The van der Waals surface area contributed by atoms with E-state index in [1.54, 1.807) is 17.3 Å². The molecule has 1 amide bonds. The molecule has 3 aromatic rings. The summed E-state index contributed by atoms with van der Waals surface area (Å²) in [4.78, 5) is 22.1. The molecule has 3 heterocycles. The number of fused-ring (bicyclic) bond motifs is 2. The maximum Gasteiger partial charge on any atom is 0.234 e. The topological polar surface area (TPSA) is 61.0 Å². The van der Waals surface area contributed by atoms with Crippen LogP contribution in [0, 0.1) is 5.92 Å². The molecule has 0 saturated heterocycles. The lowest BCUT2D eigenvalue weighted by Crippen LogP contribution is -2.46. The lowest BCUT2D eigenvalue weighted by atomic mass is 9.80. The van der Waals surface area contributed by atoms with Crippen molar-refractivity contribution in [3.8, 4) is 0 Å². The van der Waals surface area contributed by atoms with Gasteiger partial charge in [-0.3, -0.25) is 9.78 Å². The first-order chi connectivity index (χ1) is 12.7. The van der Waals surface area contributed by atoms with Gasteiger partial charge in [0, 0.05) is 54.8 Å². The van der Waals surface area contributed by atoms with E-state index in [1.807, 2.05) is 19.2 Å². The van der Waals surface area contributed by atoms with E-state index in [4.69, 9.17) is 0 Å². The summed E-state index contributed by atoms with van der Waals surface area (Å²) in [5.74, 6) is -0.0724. The molecule has 0 radical (unpaired) electrons. The predicted octanol–water partition coefficient (Wildman–Crippen LogP) is 2.75. The molecule has 0 fully saturated rings. The molecule has 2 aromatic heterocycles. The van der Waals surface area contributed by atoms with Crippen molar-refractivity contribution in [2.45, 2.75) is 12.5 Å². The zero-order chi connectivity index (χ0) is 17.7. The van der Waals surface area contributed by atoms with Gasteiger partial charge in [-0.1, -0.05) is 18.2 Å². The van der Waals surface area contributed by atoms with E-state index in [2.05, 4.69) is 45.8 Å². The Morgan fingerprint density at radius 1 is 1.23 bits per heavy atom. The molecule has 0 bridgehead atoms. The van der Waals surface area contributed by atoms with Crippen LogP contribution in [-0.2, 0) is 11.2 Å². The molecule has 2 aliphatic rings. The number of nitrogens with one attached hydrogen (secondary N) is 2. The van der Waals surface area contributed by atoms with Crippen LogP contribution in [0.3, 0.4) is 0 Å². The number of rotatable bonds is 2. The molecule has 2 atom stereocenters. The minimum absolute atomic E-state index is 0.0988. The molecule has 1 aliphatic carbocycles. The van der Waals surface area contributed by atoms with E-state index in [-0.39, 0.29) is 17.9 Å². The van der Waals surface area contributed by atoms with E-state index < -0.39 is 0 Å². The number of benzene rings is 1. The number of H-pyrrole nitrogens is 1. The van der Waals surface area contributed by atoms with E-state index in [0.717, 1.165) is 12.1 Å². The predicted molar refractivity (Wildman–Crippen MR) is 103 cm³/mol. The highest BCUT2D eigenvalue weighted by atomic mass is 16.2. The van der Waals surface area contributed by atoms with Crippen molar-refractivity contribution >= 4 is 28.1 Å². The van der Waals surface area contributed by atoms with Crippen LogP contribution in [0.2, 0.25) is 0 Å². The Morgan fingerprint density at radius 3 is 2.92 bits per heavy atom. The molecule has 0 saturated carbocycles. The van der Waals surface area contributed by atoms with Gasteiger partial charge in [0.1, 0.15) is 0 Å². The third-order valence-corrected chi connectivity index (χ3v) is 5.56. The Bertz CT molecular complexity index is 1020. The second kappa shape index (κ2) is 5.81. The number of hydrogen-bond donors (Lipinski definition) is 2. The van der Waals surface area contributed by atoms with Crippen molar-refractivity contribution in [1.82, 2.24) is 15.3 Å². The summed E-state index contributed by atoms with van der Waals surface area (Å²) in [6.07, 6.45) is 8.67. The number of nitrogens with zero attached hydrogens (tertiary/aromatic N) is 2. The van der Waals surface area contributed by atoms with Crippen LogP contribution in [0.4, 0.5) is 5.69 Å². The second-order valence-corrected chi connectivity index (χ2v) is 7.04. The second-order valence-electron chi connectivity index (χ2n) is 7.04. The number of carbonyl (C=O) groups excluding carboxylic acids is 1. The van der Waals surface area contributed by atoms with Crippen LogP contribution in [-0.4, -0.2) is 35.5 Å². The lowest BCUT2D eigenvalue weighted by Gasteiger charge is -2.34. The minimum Gasteiger partial charge on any atom is -0.361 e. The maximum atomic E-state index is 13.0. The van der Waals surface area contributed by atoms with E-state index in [0.29, 0.717) is 6.54 Å². The van der Waals surface area contributed by atoms with Crippen molar-refractivity contribution in [3.63, 3.8) is 0 Å². The molecule has 1 unspecified atom stereocenters. The molecule has 2 N–H and O–H groups in total. The maximum absolute atomic E-state index is 13.0. The number of aromatic nitrogens is 2. The average Bonchev–Trinajstić information content (AvgIpc) is 3.12. The molecular weight excluding hydrogens is 324 g/mol. The fourth-order valence-corrected chi connectivity index (χ4v) is 4.21. The molecule has 5 rings (SSSR count). The summed E-state index contributed by atoms with van der Waals surface area (Å²) >= 11 is 0. The summed E-state index contributed by atoms with van der Waals surface area (Å²) in [7, 11) is 1.83. The first-order valence-corrected chi connectivity index (χ1v) is 8.94. The molecule has 1 aromatic carbocycles. The van der Waals surface area contributed by atoms with Crippen LogP contribution in [0.5, 0.6) is 0 Å². The normalized spacial score (nSPS) is 21.2. The Morgan fingerprint density at radius 2 is 2.08 bits per heavy atom. The van der Waals surface area contributed by atoms with Gasteiger partial charge >= 0.3 is 0 Å². The van der Waals surface area contributed by atoms with Crippen molar-refractivity contribution in [2.24, 2.45) is 5.92 Å². The van der Waals surface area contributed by atoms with Gasteiger partial charge in [0.2, 0.25) is 5.91 Å². The summed E-state index contributed by atoms with van der Waals surface area (Å²) in [6.45, 7) is 0.665. The monoisotopic (exact) mass is 344 g/mol. The first kappa shape index (κ1) is 15.3. The SMILES string of the molecule is CN(C(=O)[C@@H]1C=C2c3cccc4[nH]cc(c34)CC2NC1)c1ccncc1. The molecule has 130 valence electrons. The van der Waals surface area contributed by atoms with Gasteiger partial charge in [-0.25, -0.2) is 0 Å². The number of pyridine rings is 1. The van der Waals surface area contributed by atoms with E-state index >= 15 is 0 Å². The third kappa shape index (κ3) is 2.28. The highest BCUT2D eigenvalue weighted by molar-refractivity contribution is 6.01. The van der Waals surface area contributed by atoms with Crippen LogP contribution in [0.15, 0.2) is 55.0 Å².